The van der Waals surface area contributed by atoms with Crippen LogP contribution in [0.3, 0.4) is 0 Å². The average molecular weight is 314 g/mol. The van der Waals surface area contributed by atoms with Crippen LogP contribution in [0.1, 0.15) is 55.2 Å². The van der Waals surface area contributed by atoms with Gasteiger partial charge in [0.15, 0.2) is 0 Å². The number of nitrogens with one attached hydrogen (secondary N) is 1. The van der Waals surface area contributed by atoms with Gasteiger partial charge in [-0.05, 0) is 44.9 Å². The number of carbonyl (C=O) groups excluding carboxylic acids is 1. The lowest BCUT2D eigenvalue weighted by Gasteiger charge is -2.20. The summed E-state index contributed by atoms with van der Waals surface area (Å²) in [5, 5.41) is 12.7. The van der Waals surface area contributed by atoms with Crippen molar-refractivity contribution in [2.45, 2.75) is 45.3 Å². The summed E-state index contributed by atoms with van der Waals surface area (Å²) in [5.41, 5.74) is 1.80. The molecule has 2 unspecified atom stereocenters. The van der Waals surface area contributed by atoms with Gasteiger partial charge in [-0.2, -0.15) is 0 Å². The molecule has 0 aliphatic heterocycles. The van der Waals surface area contributed by atoms with Gasteiger partial charge in [-0.3, -0.25) is 4.79 Å². The Morgan fingerprint density at radius 2 is 1.83 bits per heavy atom. The normalized spacial score (nSPS) is 13.8. The van der Waals surface area contributed by atoms with Crippen LogP contribution in [0.25, 0.3) is 0 Å². The summed E-state index contributed by atoms with van der Waals surface area (Å²) in [6.07, 6.45) is 2.14. The molecule has 0 radical (unpaired) electrons. The highest BCUT2D eigenvalue weighted by molar-refractivity contribution is 5.92. The van der Waals surface area contributed by atoms with Crippen molar-refractivity contribution < 1.29 is 9.90 Å². The second-order valence-corrected chi connectivity index (χ2v) is 6.30. The Morgan fingerprint density at radius 1 is 1.13 bits per heavy atom. The van der Waals surface area contributed by atoms with Gasteiger partial charge in [0, 0.05) is 24.7 Å². The molecule has 1 amide bonds. The molecule has 0 spiro atoms. The molecule has 0 bridgehead atoms. The predicted octanol–water partition coefficient (Wildman–Crippen LogP) is 3.35. The summed E-state index contributed by atoms with van der Waals surface area (Å²) in [6.45, 7) is 6.40. The monoisotopic (exact) mass is 314 g/mol. The van der Waals surface area contributed by atoms with Crippen LogP contribution >= 0.6 is 0 Å². The minimum absolute atomic E-state index is 0.0739. The first-order chi connectivity index (χ1) is 11.0. The molecule has 1 heterocycles. The lowest BCUT2D eigenvalue weighted by molar-refractivity contribution is 0.0935. The van der Waals surface area contributed by atoms with E-state index in [0.29, 0.717) is 18.7 Å². The van der Waals surface area contributed by atoms with E-state index in [1.54, 1.807) is 6.92 Å². The zero-order chi connectivity index (χ0) is 16.8. The molecular weight excluding hydrogens is 288 g/mol. The SMILES string of the molecule is CC(O)CC(CNC(=O)c1cccn1C(C)C)c1ccccc1. The highest BCUT2D eigenvalue weighted by Gasteiger charge is 2.17. The number of nitrogens with zero attached hydrogens (tertiary/aromatic N) is 1. The van der Waals surface area contributed by atoms with Crippen molar-refractivity contribution in [1.29, 1.82) is 0 Å². The summed E-state index contributed by atoms with van der Waals surface area (Å²) in [4.78, 5) is 12.5. The van der Waals surface area contributed by atoms with E-state index in [4.69, 9.17) is 0 Å². The molecule has 1 aromatic carbocycles. The van der Waals surface area contributed by atoms with Gasteiger partial charge in [0.2, 0.25) is 0 Å². The molecule has 0 aliphatic rings. The fourth-order valence-corrected chi connectivity index (χ4v) is 2.82. The summed E-state index contributed by atoms with van der Waals surface area (Å²) < 4.78 is 1.96. The Bertz CT molecular complexity index is 617. The number of rotatable bonds is 7. The molecule has 1 aromatic heterocycles. The van der Waals surface area contributed by atoms with Crippen LogP contribution < -0.4 is 5.32 Å². The van der Waals surface area contributed by atoms with Crippen molar-refractivity contribution in [1.82, 2.24) is 9.88 Å². The highest BCUT2D eigenvalue weighted by atomic mass is 16.3. The highest BCUT2D eigenvalue weighted by Crippen LogP contribution is 2.21. The maximum absolute atomic E-state index is 12.5. The van der Waals surface area contributed by atoms with E-state index in [1.807, 2.05) is 53.2 Å². The van der Waals surface area contributed by atoms with Crippen molar-refractivity contribution in [2.75, 3.05) is 6.54 Å². The van der Waals surface area contributed by atoms with Gasteiger partial charge in [-0.15, -0.1) is 0 Å². The Kier molecular flexibility index (Phi) is 5.99. The van der Waals surface area contributed by atoms with Crippen LogP contribution in [-0.2, 0) is 0 Å². The Labute approximate surface area is 138 Å². The summed E-state index contributed by atoms with van der Waals surface area (Å²) >= 11 is 0. The zero-order valence-corrected chi connectivity index (χ0v) is 14.1. The van der Waals surface area contributed by atoms with Gasteiger partial charge in [0.25, 0.3) is 5.91 Å². The van der Waals surface area contributed by atoms with E-state index < -0.39 is 6.10 Å². The number of aliphatic hydroxyl groups excluding tert-OH is 1. The maximum Gasteiger partial charge on any atom is 0.267 e. The molecule has 0 fully saturated rings. The first kappa shape index (κ1) is 17.3. The van der Waals surface area contributed by atoms with Crippen LogP contribution in [0.5, 0.6) is 0 Å². The number of aliphatic hydroxyl groups is 1. The third-order valence-corrected chi connectivity index (χ3v) is 3.97. The fraction of sp³-hybridized carbons (Fsp3) is 0.421. The number of carbonyl (C=O) groups is 1. The minimum Gasteiger partial charge on any atom is -0.393 e. The summed E-state index contributed by atoms with van der Waals surface area (Å²) in [5.74, 6) is 0.0258. The standard InChI is InChI=1S/C19H26N2O2/c1-14(2)21-11-7-10-18(21)19(23)20-13-17(12-15(3)22)16-8-5-4-6-9-16/h4-11,14-15,17,22H,12-13H2,1-3H3,(H,20,23). The number of hydrogen-bond donors (Lipinski definition) is 2. The third kappa shape index (κ3) is 4.70. The quantitative estimate of drug-likeness (QED) is 0.823. The molecular formula is C19H26N2O2. The molecule has 23 heavy (non-hydrogen) atoms. The Hall–Kier alpha value is -2.07. The van der Waals surface area contributed by atoms with Gasteiger partial charge < -0.3 is 15.0 Å². The molecule has 0 aliphatic carbocycles. The topological polar surface area (TPSA) is 54.3 Å². The van der Waals surface area contributed by atoms with Gasteiger partial charge in [-0.25, -0.2) is 0 Å². The van der Waals surface area contributed by atoms with Crippen molar-refractivity contribution in [3.8, 4) is 0 Å². The number of benzene rings is 1. The van der Waals surface area contributed by atoms with E-state index in [-0.39, 0.29) is 17.9 Å². The average Bonchev–Trinajstić information content (AvgIpc) is 3.01. The minimum atomic E-state index is -0.406. The van der Waals surface area contributed by atoms with E-state index in [2.05, 4.69) is 19.2 Å². The molecule has 4 heteroatoms. The number of amides is 1. The van der Waals surface area contributed by atoms with E-state index in [1.165, 1.54) is 0 Å². The molecule has 2 aromatic rings. The van der Waals surface area contributed by atoms with Crippen LogP contribution in [-0.4, -0.2) is 28.2 Å². The van der Waals surface area contributed by atoms with Gasteiger partial charge in [0.1, 0.15) is 5.69 Å². The maximum atomic E-state index is 12.5. The van der Waals surface area contributed by atoms with Crippen molar-refractivity contribution >= 4 is 5.91 Å². The van der Waals surface area contributed by atoms with Crippen LogP contribution in [0.2, 0.25) is 0 Å². The van der Waals surface area contributed by atoms with Crippen LogP contribution in [0.15, 0.2) is 48.7 Å². The van der Waals surface area contributed by atoms with Gasteiger partial charge in [-0.1, -0.05) is 30.3 Å². The first-order valence-electron chi connectivity index (χ1n) is 8.17. The van der Waals surface area contributed by atoms with Crippen LogP contribution in [0.4, 0.5) is 0 Å². The second-order valence-electron chi connectivity index (χ2n) is 6.30. The largest absolute Gasteiger partial charge is 0.393 e. The van der Waals surface area contributed by atoms with E-state index >= 15 is 0 Å². The third-order valence-electron chi connectivity index (χ3n) is 3.97. The Balaban J connectivity index is 2.06. The lowest BCUT2D eigenvalue weighted by Crippen LogP contribution is -2.31. The lowest BCUT2D eigenvalue weighted by atomic mass is 9.93. The molecule has 124 valence electrons. The number of hydrogen-bond acceptors (Lipinski definition) is 2. The van der Waals surface area contributed by atoms with Crippen molar-refractivity contribution in [3.05, 3.63) is 59.9 Å². The summed E-state index contributed by atoms with van der Waals surface area (Å²) in [7, 11) is 0. The van der Waals surface area contributed by atoms with E-state index in [0.717, 1.165) is 5.56 Å². The molecule has 2 N–H and O–H groups in total. The van der Waals surface area contributed by atoms with Crippen molar-refractivity contribution in [3.63, 3.8) is 0 Å². The molecule has 2 atom stereocenters. The Morgan fingerprint density at radius 3 is 2.43 bits per heavy atom. The molecule has 0 saturated heterocycles. The van der Waals surface area contributed by atoms with E-state index in [9.17, 15) is 9.90 Å². The number of aromatic nitrogens is 1. The summed E-state index contributed by atoms with van der Waals surface area (Å²) in [6, 6.07) is 14.0. The first-order valence-corrected chi connectivity index (χ1v) is 8.17. The molecule has 2 rings (SSSR count). The zero-order valence-electron chi connectivity index (χ0n) is 14.1. The second kappa shape index (κ2) is 7.97. The predicted molar refractivity (Wildman–Crippen MR) is 92.6 cm³/mol. The van der Waals surface area contributed by atoms with Gasteiger partial charge in [0.05, 0.1) is 6.10 Å². The smallest absolute Gasteiger partial charge is 0.267 e. The molecule has 4 nitrogen and oxygen atoms in total. The van der Waals surface area contributed by atoms with Gasteiger partial charge >= 0.3 is 0 Å². The fourth-order valence-electron chi connectivity index (χ4n) is 2.82. The van der Waals surface area contributed by atoms with Crippen molar-refractivity contribution in [2.24, 2.45) is 0 Å². The van der Waals surface area contributed by atoms with Crippen LogP contribution in [0, 0.1) is 0 Å². The molecule has 0 saturated carbocycles.